The molecule has 84 valence electrons. The zero-order valence-corrected chi connectivity index (χ0v) is 9.77. The van der Waals surface area contributed by atoms with E-state index in [2.05, 4.69) is 35.7 Å². The zero-order chi connectivity index (χ0) is 12.1. The van der Waals surface area contributed by atoms with Gasteiger partial charge in [0.1, 0.15) is 0 Å². The van der Waals surface area contributed by atoms with Gasteiger partial charge in [-0.05, 0) is 41.8 Å². The van der Waals surface area contributed by atoms with Crippen molar-refractivity contribution >= 4 is 5.69 Å². The highest BCUT2D eigenvalue weighted by Crippen LogP contribution is 2.13. The Labute approximate surface area is 102 Å². The lowest BCUT2D eigenvalue weighted by Gasteiger charge is -2.04. The number of anilines is 1. The van der Waals surface area contributed by atoms with Gasteiger partial charge in [-0.1, -0.05) is 24.3 Å². The van der Waals surface area contributed by atoms with E-state index in [-0.39, 0.29) is 0 Å². The molecule has 2 nitrogen and oxygen atoms in total. The number of nitrogens with one attached hydrogen (secondary N) is 1. The summed E-state index contributed by atoms with van der Waals surface area (Å²) in [4.78, 5) is 0. The van der Waals surface area contributed by atoms with Gasteiger partial charge in [-0.3, -0.25) is 0 Å². The van der Waals surface area contributed by atoms with Crippen molar-refractivity contribution in [3.8, 4) is 6.07 Å². The van der Waals surface area contributed by atoms with E-state index in [0.29, 0.717) is 5.56 Å². The summed E-state index contributed by atoms with van der Waals surface area (Å²) in [6.45, 7) is 0. The van der Waals surface area contributed by atoms with Crippen LogP contribution in [0.5, 0.6) is 0 Å². The van der Waals surface area contributed by atoms with Gasteiger partial charge in [0.25, 0.3) is 0 Å². The first-order chi connectivity index (χ1) is 8.31. The second-order valence-electron chi connectivity index (χ2n) is 3.93. The number of nitriles is 1. The molecule has 0 unspecified atom stereocenters. The van der Waals surface area contributed by atoms with Crippen LogP contribution in [0.15, 0.2) is 48.5 Å². The summed E-state index contributed by atoms with van der Waals surface area (Å²) < 4.78 is 0. The molecule has 0 aliphatic rings. The third kappa shape index (κ3) is 2.85. The maximum absolute atomic E-state index is 8.72. The Balaban J connectivity index is 2.11. The zero-order valence-electron chi connectivity index (χ0n) is 9.77. The maximum Gasteiger partial charge on any atom is 0.0991 e. The van der Waals surface area contributed by atoms with Gasteiger partial charge >= 0.3 is 0 Å². The largest absolute Gasteiger partial charge is 0.388 e. The topological polar surface area (TPSA) is 35.8 Å². The molecule has 0 spiro atoms. The molecular weight excluding hydrogens is 208 g/mol. The molecule has 2 heteroatoms. The van der Waals surface area contributed by atoms with Gasteiger partial charge in [0.2, 0.25) is 0 Å². The molecule has 0 aromatic heterocycles. The predicted molar refractivity (Wildman–Crippen MR) is 70.0 cm³/mol. The van der Waals surface area contributed by atoms with Crippen molar-refractivity contribution in [3.63, 3.8) is 0 Å². The first-order valence-corrected chi connectivity index (χ1v) is 5.57. The van der Waals surface area contributed by atoms with Crippen LogP contribution < -0.4 is 5.32 Å². The second-order valence-corrected chi connectivity index (χ2v) is 3.93. The molecule has 0 atom stereocenters. The predicted octanol–water partition coefficient (Wildman–Crippen LogP) is 3.19. The Hall–Kier alpha value is -2.27. The lowest BCUT2D eigenvalue weighted by molar-refractivity contribution is 1.19. The van der Waals surface area contributed by atoms with Crippen LogP contribution >= 0.6 is 0 Å². The minimum atomic E-state index is 0.708. The van der Waals surface area contributed by atoms with E-state index in [4.69, 9.17) is 5.26 Å². The quantitative estimate of drug-likeness (QED) is 0.865. The number of hydrogen-bond donors (Lipinski definition) is 1. The highest BCUT2D eigenvalue weighted by atomic mass is 14.8. The summed E-state index contributed by atoms with van der Waals surface area (Å²) in [6, 6.07) is 18.2. The van der Waals surface area contributed by atoms with Crippen LogP contribution in [0.25, 0.3) is 0 Å². The van der Waals surface area contributed by atoms with Gasteiger partial charge in [-0.2, -0.15) is 5.26 Å². The van der Waals surface area contributed by atoms with Crippen LogP contribution in [0.4, 0.5) is 5.69 Å². The van der Waals surface area contributed by atoms with Gasteiger partial charge in [0.05, 0.1) is 11.6 Å². The molecule has 0 aliphatic carbocycles. The molecule has 2 aromatic carbocycles. The molecule has 0 saturated heterocycles. The van der Waals surface area contributed by atoms with Crippen molar-refractivity contribution in [1.29, 1.82) is 5.26 Å². The molecule has 0 amide bonds. The Morgan fingerprint density at radius 3 is 1.94 bits per heavy atom. The summed E-state index contributed by atoms with van der Waals surface area (Å²) in [5.41, 5.74) is 4.32. The van der Waals surface area contributed by atoms with Crippen molar-refractivity contribution in [2.45, 2.75) is 6.42 Å². The Morgan fingerprint density at radius 1 is 0.941 bits per heavy atom. The smallest absolute Gasteiger partial charge is 0.0991 e. The fourth-order valence-corrected chi connectivity index (χ4v) is 1.72. The monoisotopic (exact) mass is 222 g/mol. The van der Waals surface area contributed by atoms with E-state index in [0.717, 1.165) is 12.1 Å². The van der Waals surface area contributed by atoms with Gasteiger partial charge in [0.15, 0.2) is 0 Å². The molecule has 0 heterocycles. The molecule has 0 saturated carbocycles. The highest BCUT2D eigenvalue weighted by Gasteiger charge is 1.97. The summed E-state index contributed by atoms with van der Waals surface area (Å²) in [5, 5.41) is 11.8. The maximum atomic E-state index is 8.72. The van der Waals surface area contributed by atoms with Crippen LogP contribution in [-0.2, 0) is 6.42 Å². The number of hydrogen-bond acceptors (Lipinski definition) is 2. The third-order valence-electron chi connectivity index (χ3n) is 2.73. The Morgan fingerprint density at radius 2 is 1.47 bits per heavy atom. The molecule has 2 aromatic rings. The van der Waals surface area contributed by atoms with E-state index < -0.39 is 0 Å². The van der Waals surface area contributed by atoms with Crippen LogP contribution in [-0.4, -0.2) is 7.05 Å². The van der Waals surface area contributed by atoms with Gasteiger partial charge in [0, 0.05) is 12.7 Å². The van der Waals surface area contributed by atoms with Crippen molar-refractivity contribution in [2.75, 3.05) is 12.4 Å². The lowest BCUT2D eigenvalue weighted by atomic mass is 10.0. The van der Waals surface area contributed by atoms with Crippen LogP contribution in [0.2, 0.25) is 0 Å². The standard InChI is InChI=1S/C15H14N2/c1-17-15-8-6-13(7-9-15)10-12-2-4-14(11-16)5-3-12/h2-9,17H,10H2,1H3. The number of rotatable bonds is 3. The van der Waals surface area contributed by atoms with E-state index in [9.17, 15) is 0 Å². The highest BCUT2D eigenvalue weighted by molar-refractivity contribution is 5.44. The average molecular weight is 222 g/mol. The SMILES string of the molecule is CNc1ccc(Cc2ccc(C#N)cc2)cc1. The average Bonchev–Trinajstić information content (AvgIpc) is 2.40. The Kier molecular flexibility index (Phi) is 3.42. The Bertz CT molecular complexity index is 518. The van der Waals surface area contributed by atoms with Gasteiger partial charge < -0.3 is 5.32 Å². The molecule has 0 radical (unpaired) electrons. The second kappa shape index (κ2) is 5.18. The molecule has 17 heavy (non-hydrogen) atoms. The third-order valence-corrected chi connectivity index (χ3v) is 2.73. The van der Waals surface area contributed by atoms with Gasteiger partial charge in [-0.15, -0.1) is 0 Å². The van der Waals surface area contributed by atoms with Crippen molar-refractivity contribution in [2.24, 2.45) is 0 Å². The minimum absolute atomic E-state index is 0.708. The fraction of sp³-hybridized carbons (Fsp3) is 0.133. The van der Waals surface area contributed by atoms with Crippen LogP contribution in [0.3, 0.4) is 0 Å². The van der Waals surface area contributed by atoms with Crippen LogP contribution in [0.1, 0.15) is 16.7 Å². The normalized spacial score (nSPS) is 9.65. The molecule has 0 aliphatic heterocycles. The van der Waals surface area contributed by atoms with Crippen molar-refractivity contribution in [3.05, 3.63) is 65.2 Å². The molecule has 0 bridgehead atoms. The van der Waals surface area contributed by atoms with Gasteiger partial charge in [-0.25, -0.2) is 0 Å². The van der Waals surface area contributed by atoms with E-state index in [1.807, 2.05) is 31.3 Å². The van der Waals surface area contributed by atoms with Crippen molar-refractivity contribution in [1.82, 2.24) is 0 Å². The van der Waals surface area contributed by atoms with Crippen LogP contribution in [0, 0.1) is 11.3 Å². The molecular formula is C15H14N2. The number of benzene rings is 2. The molecule has 1 N–H and O–H groups in total. The summed E-state index contributed by atoms with van der Waals surface area (Å²) in [6.07, 6.45) is 0.899. The first-order valence-electron chi connectivity index (χ1n) is 5.57. The summed E-state index contributed by atoms with van der Waals surface area (Å²) in [5.74, 6) is 0. The van der Waals surface area contributed by atoms with E-state index >= 15 is 0 Å². The first kappa shape index (κ1) is 11.2. The summed E-state index contributed by atoms with van der Waals surface area (Å²) >= 11 is 0. The minimum Gasteiger partial charge on any atom is -0.388 e. The van der Waals surface area contributed by atoms with E-state index in [1.54, 1.807) is 0 Å². The summed E-state index contributed by atoms with van der Waals surface area (Å²) in [7, 11) is 1.91. The molecule has 0 fully saturated rings. The number of nitrogens with zero attached hydrogens (tertiary/aromatic N) is 1. The lowest BCUT2D eigenvalue weighted by Crippen LogP contribution is -1.91. The van der Waals surface area contributed by atoms with E-state index in [1.165, 1.54) is 11.1 Å². The van der Waals surface area contributed by atoms with Crippen molar-refractivity contribution < 1.29 is 0 Å². The molecule has 2 rings (SSSR count). The fourth-order valence-electron chi connectivity index (χ4n) is 1.72.